The van der Waals surface area contributed by atoms with Crippen molar-refractivity contribution in [3.05, 3.63) is 65.2 Å². The minimum atomic E-state index is -0.922. The highest BCUT2D eigenvalue weighted by atomic mass is 16.5. The molecule has 0 bridgehead atoms. The second kappa shape index (κ2) is 7.06. The molecule has 0 saturated heterocycles. The summed E-state index contributed by atoms with van der Waals surface area (Å²) in [5, 5.41) is 10.1. The number of benzene rings is 2. The number of hydrogen-bond donors (Lipinski definition) is 1. The summed E-state index contributed by atoms with van der Waals surface area (Å²) in [7, 11) is 1.58. The van der Waals surface area contributed by atoms with Crippen LogP contribution in [0.3, 0.4) is 0 Å². The van der Waals surface area contributed by atoms with E-state index in [1.54, 1.807) is 31.4 Å². The molecule has 1 aliphatic carbocycles. The van der Waals surface area contributed by atoms with E-state index >= 15 is 0 Å². The first kappa shape index (κ1) is 17.6. The van der Waals surface area contributed by atoms with Crippen molar-refractivity contribution in [3.63, 3.8) is 0 Å². The Kier molecular flexibility index (Phi) is 4.60. The van der Waals surface area contributed by atoms with Crippen LogP contribution in [0, 0.1) is 0 Å². The molecule has 0 aromatic heterocycles. The van der Waals surface area contributed by atoms with Crippen molar-refractivity contribution in [3.8, 4) is 5.75 Å². The number of carboxylic acids is 1. The Bertz CT molecular complexity index is 872. The third kappa shape index (κ3) is 2.87. The average Bonchev–Trinajstić information content (AvgIpc) is 3.21. The summed E-state index contributed by atoms with van der Waals surface area (Å²) >= 11 is 0. The maximum Gasteiger partial charge on any atom is 0.313 e. The first-order chi connectivity index (χ1) is 13.1. The van der Waals surface area contributed by atoms with Gasteiger partial charge < -0.3 is 14.7 Å². The lowest BCUT2D eigenvalue weighted by atomic mass is 9.78. The molecule has 0 spiro atoms. The zero-order valence-electron chi connectivity index (χ0n) is 15.3. The van der Waals surface area contributed by atoms with Gasteiger partial charge in [0.05, 0.1) is 13.2 Å². The van der Waals surface area contributed by atoms with Gasteiger partial charge in [0.25, 0.3) is 5.91 Å². The number of carbonyl (C=O) groups excluding carboxylic acids is 1. The van der Waals surface area contributed by atoms with Crippen molar-refractivity contribution in [2.75, 3.05) is 7.11 Å². The third-order valence-corrected chi connectivity index (χ3v) is 5.82. The number of ether oxygens (including phenoxy) is 1. The maximum atomic E-state index is 13.4. The van der Waals surface area contributed by atoms with Crippen LogP contribution < -0.4 is 4.74 Å². The quantitative estimate of drug-likeness (QED) is 0.889. The molecule has 27 heavy (non-hydrogen) atoms. The average molecular weight is 365 g/mol. The number of aliphatic carboxylic acids is 1. The summed E-state index contributed by atoms with van der Waals surface area (Å²) in [5.41, 5.74) is 1.84. The van der Waals surface area contributed by atoms with Crippen LogP contribution >= 0.6 is 0 Å². The Balaban J connectivity index is 1.95. The van der Waals surface area contributed by atoms with Crippen molar-refractivity contribution >= 4 is 11.9 Å². The number of carboxylic acid groups (broad SMARTS) is 1. The van der Waals surface area contributed by atoms with Gasteiger partial charge in [-0.3, -0.25) is 9.59 Å². The van der Waals surface area contributed by atoms with Crippen molar-refractivity contribution < 1.29 is 19.4 Å². The molecule has 0 radical (unpaired) electrons. The van der Waals surface area contributed by atoms with Crippen molar-refractivity contribution in [2.24, 2.45) is 0 Å². The minimum Gasteiger partial charge on any atom is -0.496 e. The van der Waals surface area contributed by atoms with Crippen LogP contribution in [-0.2, 0) is 4.79 Å². The highest BCUT2D eigenvalue weighted by Gasteiger charge is 2.47. The Morgan fingerprint density at radius 2 is 1.67 bits per heavy atom. The molecule has 5 nitrogen and oxygen atoms in total. The topological polar surface area (TPSA) is 66.8 Å². The Morgan fingerprint density at radius 1 is 1.04 bits per heavy atom. The van der Waals surface area contributed by atoms with Crippen molar-refractivity contribution in [1.29, 1.82) is 0 Å². The van der Waals surface area contributed by atoms with Gasteiger partial charge in [0, 0.05) is 17.2 Å². The highest BCUT2D eigenvalue weighted by molar-refractivity contribution is 6.00. The van der Waals surface area contributed by atoms with E-state index in [9.17, 15) is 14.7 Å². The predicted octanol–water partition coefficient (Wildman–Crippen LogP) is 4.00. The van der Waals surface area contributed by atoms with E-state index in [0.29, 0.717) is 16.9 Å². The molecule has 1 heterocycles. The summed E-state index contributed by atoms with van der Waals surface area (Å²) in [6.07, 6.45) is 3.94. The molecule has 1 aliphatic heterocycles. The van der Waals surface area contributed by atoms with E-state index in [-0.39, 0.29) is 11.9 Å². The zero-order valence-corrected chi connectivity index (χ0v) is 15.3. The fourth-order valence-corrected chi connectivity index (χ4v) is 4.64. The monoisotopic (exact) mass is 365 g/mol. The highest BCUT2D eigenvalue weighted by Crippen LogP contribution is 2.48. The van der Waals surface area contributed by atoms with E-state index in [1.807, 2.05) is 29.2 Å². The molecule has 1 fully saturated rings. The second-order valence-electron chi connectivity index (χ2n) is 7.24. The molecule has 1 saturated carbocycles. The molecule has 2 aliphatic rings. The number of hydrogen-bond acceptors (Lipinski definition) is 3. The number of rotatable bonds is 4. The molecule has 140 valence electrons. The Labute approximate surface area is 158 Å². The van der Waals surface area contributed by atoms with Crippen molar-refractivity contribution in [2.45, 2.75) is 43.7 Å². The van der Waals surface area contributed by atoms with Gasteiger partial charge in [-0.2, -0.15) is 0 Å². The van der Waals surface area contributed by atoms with Crippen LogP contribution in [-0.4, -0.2) is 35.0 Å². The SMILES string of the molecule is COc1ccccc1[C@@H]1[C@@H](C(=O)O)c2ccccc2C(=O)N1C1CCCC1. The lowest BCUT2D eigenvalue weighted by molar-refractivity contribution is -0.141. The molecule has 4 rings (SSSR count). The van der Waals surface area contributed by atoms with Gasteiger partial charge in [-0.1, -0.05) is 49.2 Å². The predicted molar refractivity (Wildman–Crippen MR) is 101 cm³/mol. The first-order valence-corrected chi connectivity index (χ1v) is 9.40. The van der Waals surface area contributed by atoms with Gasteiger partial charge in [-0.05, 0) is 30.5 Å². The summed E-state index contributed by atoms with van der Waals surface area (Å²) < 4.78 is 5.53. The maximum absolute atomic E-state index is 13.4. The molecular weight excluding hydrogens is 342 g/mol. The van der Waals surface area contributed by atoms with Gasteiger partial charge in [-0.15, -0.1) is 0 Å². The third-order valence-electron chi connectivity index (χ3n) is 5.82. The number of amides is 1. The summed E-state index contributed by atoms with van der Waals surface area (Å²) in [6.45, 7) is 0. The smallest absolute Gasteiger partial charge is 0.313 e. The second-order valence-corrected chi connectivity index (χ2v) is 7.24. The van der Waals surface area contributed by atoms with Gasteiger partial charge in [-0.25, -0.2) is 0 Å². The largest absolute Gasteiger partial charge is 0.496 e. The number of nitrogens with zero attached hydrogens (tertiary/aromatic N) is 1. The first-order valence-electron chi connectivity index (χ1n) is 9.40. The summed E-state index contributed by atoms with van der Waals surface area (Å²) in [5.74, 6) is -1.21. The fourth-order valence-electron chi connectivity index (χ4n) is 4.64. The fraction of sp³-hybridized carbons (Fsp3) is 0.364. The van der Waals surface area contributed by atoms with Gasteiger partial charge in [0.1, 0.15) is 11.7 Å². The van der Waals surface area contributed by atoms with E-state index in [4.69, 9.17) is 4.74 Å². The summed E-state index contributed by atoms with van der Waals surface area (Å²) in [4.78, 5) is 27.7. The molecule has 1 N–H and O–H groups in total. The van der Waals surface area contributed by atoms with Crippen LogP contribution in [0.5, 0.6) is 5.75 Å². The molecule has 2 aromatic rings. The number of carbonyl (C=O) groups is 2. The molecule has 2 aromatic carbocycles. The number of methoxy groups -OCH3 is 1. The van der Waals surface area contributed by atoms with Crippen LogP contribution in [0.2, 0.25) is 0 Å². The van der Waals surface area contributed by atoms with Gasteiger partial charge in [0.15, 0.2) is 0 Å². The van der Waals surface area contributed by atoms with Crippen LogP contribution in [0.4, 0.5) is 0 Å². The lowest BCUT2D eigenvalue weighted by Gasteiger charge is -2.44. The molecule has 0 unspecified atom stereocenters. The summed E-state index contributed by atoms with van der Waals surface area (Å²) in [6, 6.07) is 14.0. The Hall–Kier alpha value is -2.82. The number of fused-ring (bicyclic) bond motifs is 1. The van der Waals surface area contributed by atoms with E-state index in [2.05, 4.69) is 0 Å². The van der Waals surface area contributed by atoms with Crippen molar-refractivity contribution in [1.82, 2.24) is 4.90 Å². The van der Waals surface area contributed by atoms with E-state index < -0.39 is 17.9 Å². The minimum absolute atomic E-state index is 0.0580. The molecular formula is C22H23NO4. The van der Waals surface area contributed by atoms with Crippen LogP contribution in [0.15, 0.2) is 48.5 Å². The normalized spacial score (nSPS) is 22.6. The van der Waals surface area contributed by atoms with E-state index in [1.165, 1.54) is 0 Å². The van der Waals surface area contributed by atoms with Gasteiger partial charge in [0.2, 0.25) is 0 Å². The van der Waals surface area contributed by atoms with Gasteiger partial charge >= 0.3 is 5.97 Å². The lowest BCUT2D eigenvalue weighted by Crippen LogP contribution is -2.49. The van der Waals surface area contributed by atoms with E-state index in [0.717, 1.165) is 31.2 Å². The molecule has 2 atom stereocenters. The van der Waals surface area contributed by atoms with Crippen LogP contribution in [0.1, 0.15) is 59.1 Å². The molecule has 1 amide bonds. The molecule has 5 heteroatoms. The number of para-hydroxylation sites is 1. The Morgan fingerprint density at radius 3 is 2.33 bits per heavy atom. The standard InChI is InChI=1S/C22H23NO4/c1-27-18-13-7-6-12-17(18)20-19(22(25)26)15-10-4-5-11-16(15)21(24)23(20)14-8-2-3-9-14/h4-7,10-14,19-20H,2-3,8-9H2,1H3,(H,25,26)/t19-,20+/m0/s1. The zero-order chi connectivity index (χ0) is 19.0. The van der Waals surface area contributed by atoms with Crippen LogP contribution in [0.25, 0.3) is 0 Å².